The largest absolute Gasteiger partial charge is 0.313 e. The average molecular weight is 324 g/mol. The van der Waals surface area contributed by atoms with E-state index in [1.54, 1.807) is 18.0 Å². The summed E-state index contributed by atoms with van der Waals surface area (Å²) in [5, 5.41) is 5.13. The van der Waals surface area contributed by atoms with Gasteiger partial charge < -0.3 is 5.32 Å². The third-order valence-corrected chi connectivity index (χ3v) is 3.95. The summed E-state index contributed by atoms with van der Waals surface area (Å²) in [4.78, 5) is 8.69. The van der Waals surface area contributed by atoms with Crippen molar-refractivity contribution in [2.75, 3.05) is 7.05 Å². The van der Waals surface area contributed by atoms with Crippen LogP contribution in [0, 0.1) is 0 Å². The van der Waals surface area contributed by atoms with Crippen LogP contribution in [0.15, 0.2) is 51.2 Å². The van der Waals surface area contributed by atoms with E-state index in [0.717, 1.165) is 14.5 Å². The summed E-state index contributed by atoms with van der Waals surface area (Å²) in [6.45, 7) is 2.13. The van der Waals surface area contributed by atoms with Gasteiger partial charge in [-0.1, -0.05) is 11.8 Å². The molecule has 1 N–H and O–H groups in total. The lowest BCUT2D eigenvalue weighted by Gasteiger charge is -2.11. The SMILES string of the molecule is CNC(C)c1ccnc(Sc2ccc(Br)cn2)c1. The lowest BCUT2D eigenvalue weighted by molar-refractivity contribution is 0.649. The van der Waals surface area contributed by atoms with Gasteiger partial charge in [-0.3, -0.25) is 0 Å². The zero-order valence-electron chi connectivity index (χ0n) is 10.2. The predicted molar refractivity (Wildman–Crippen MR) is 77.8 cm³/mol. The summed E-state index contributed by atoms with van der Waals surface area (Å²) in [6, 6.07) is 8.40. The lowest BCUT2D eigenvalue weighted by atomic mass is 10.1. The van der Waals surface area contributed by atoms with Crippen LogP contribution in [0.25, 0.3) is 0 Å². The molecule has 0 saturated heterocycles. The maximum Gasteiger partial charge on any atom is 0.102 e. The van der Waals surface area contributed by atoms with Gasteiger partial charge in [0, 0.05) is 22.9 Å². The van der Waals surface area contributed by atoms with Gasteiger partial charge in [-0.05, 0) is 59.7 Å². The highest BCUT2D eigenvalue weighted by atomic mass is 79.9. The Balaban J connectivity index is 2.16. The Kier molecular flexibility index (Phi) is 4.74. The van der Waals surface area contributed by atoms with Gasteiger partial charge in [-0.15, -0.1) is 0 Å². The molecule has 0 spiro atoms. The van der Waals surface area contributed by atoms with Crippen molar-refractivity contribution < 1.29 is 0 Å². The van der Waals surface area contributed by atoms with E-state index in [1.165, 1.54) is 5.56 Å². The van der Waals surface area contributed by atoms with Gasteiger partial charge in [0.1, 0.15) is 10.1 Å². The third-order valence-electron chi connectivity index (χ3n) is 2.60. The molecule has 0 radical (unpaired) electrons. The van der Waals surface area contributed by atoms with Crippen molar-refractivity contribution in [1.29, 1.82) is 0 Å². The minimum absolute atomic E-state index is 0.324. The van der Waals surface area contributed by atoms with Crippen LogP contribution in [-0.4, -0.2) is 17.0 Å². The summed E-state index contributed by atoms with van der Waals surface area (Å²) >= 11 is 4.94. The van der Waals surface area contributed by atoms with E-state index in [-0.39, 0.29) is 0 Å². The quantitative estimate of drug-likeness (QED) is 0.931. The number of aromatic nitrogens is 2. The minimum atomic E-state index is 0.324. The monoisotopic (exact) mass is 323 g/mol. The molecule has 2 heterocycles. The van der Waals surface area contributed by atoms with E-state index in [9.17, 15) is 0 Å². The van der Waals surface area contributed by atoms with Crippen molar-refractivity contribution >= 4 is 27.7 Å². The van der Waals surface area contributed by atoms with Crippen molar-refractivity contribution in [3.63, 3.8) is 0 Å². The number of hydrogen-bond donors (Lipinski definition) is 1. The predicted octanol–water partition coefficient (Wildman–Crippen LogP) is 3.67. The smallest absolute Gasteiger partial charge is 0.102 e. The average Bonchev–Trinajstić information content (AvgIpc) is 2.41. The number of rotatable bonds is 4. The van der Waals surface area contributed by atoms with Crippen LogP contribution in [0.3, 0.4) is 0 Å². The van der Waals surface area contributed by atoms with Gasteiger partial charge >= 0.3 is 0 Å². The molecule has 0 fully saturated rings. The number of hydrogen-bond acceptors (Lipinski definition) is 4. The first-order valence-electron chi connectivity index (χ1n) is 5.61. The van der Waals surface area contributed by atoms with Gasteiger partial charge in [0.15, 0.2) is 0 Å². The van der Waals surface area contributed by atoms with Crippen LogP contribution in [0.4, 0.5) is 0 Å². The second-order valence-corrected chi connectivity index (χ2v) is 5.81. The molecule has 2 aromatic heterocycles. The highest BCUT2D eigenvalue weighted by Crippen LogP contribution is 2.26. The van der Waals surface area contributed by atoms with Crippen molar-refractivity contribution in [2.45, 2.75) is 23.0 Å². The number of pyridine rings is 2. The molecule has 3 nitrogen and oxygen atoms in total. The maximum atomic E-state index is 4.36. The van der Waals surface area contributed by atoms with Crippen molar-refractivity contribution in [3.05, 3.63) is 46.7 Å². The fourth-order valence-electron chi connectivity index (χ4n) is 1.45. The third kappa shape index (κ3) is 3.54. The second kappa shape index (κ2) is 6.31. The van der Waals surface area contributed by atoms with E-state index >= 15 is 0 Å². The van der Waals surface area contributed by atoms with E-state index in [0.29, 0.717) is 6.04 Å². The molecule has 0 saturated carbocycles. The molecule has 94 valence electrons. The standard InChI is InChI=1S/C13H14BrN3S/c1-9(15-2)10-5-6-16-13(7-10)18-12-4-3-11(14)8-17-12/h3-9,15H,1-2H3. The van der Waals surface area contributed by atoms with Crippen LogP contribution in [0.5, 0.6) is 0 Å². The van der Waals surface area contributed by atoms with Crippen molar-refractivity contribution in [3.8, 4) is 0 Å². The summed E-state index contributed by atoms with van der Waals surface area (Å²) in [5.74, 6) is 0. The molecule has 0 bridgehead atoms. The second-order valence-electron chi connectivity index (χ2n) is 3.85. The Labute approximate surface area is 120 Å². The molecular weight excluding hydrogens is 310 g/mol. The summed E-state index contributed by atoms with van der Waals surface area (Å²) < 4.78 is 0.984. The number of halogens is 1. The van der Waals surface area contributed by atoms with Crippen LogP contribution < -0.4 is 5.32 Å². The Hall–Kier alpha value is -0.910. The molecule has 2 aromatic rings. The van der Waals surface area contributed by atoms with E-state index < -0.39 is 0 Å². The Morgan fingerprint density at radius 1 is 1.22 bits per heavy atom. The molecule has 0 aromatic carbocycles. The lowest BCUT2D eigenvalue weighted by Crippen LogP contribution is -2.12. The van der Waals surface area contributed by atoms with E-state index in [2.05, 4.69) is 44.2 Å². The topological polar surface area (TPSA) is 37.8 Å². The van der Waals surface area contributed by atoms with Gasteiger partial charge in [0.05, 0.1) is 0 Å². The summed E-state index contributed by atoms with van der Waals surface area (Å²) in [7, 11) is 1.95. The van der Waals surface area contributed by atoms with Gasteiger partial charge in [-0.2, -0.15) is 0 Å². The number of nitrogens with zero attached hydrogens (tertiary/aromatic N) is 2. The summed E-state index contributed by atoms with van der Waals surface area (Å²) in [6.07, 6.45) is 3.63. The van der Waals surface area contributed by atoms with Crippen molar-refractivity contribution in [2.24, 2.45) is 0 Å². The van der Waals surface area contributed by atoms with Crippen LogP contribution in [-0.2, 0) is 0 Å². The molecule has 0 aliphatic heterocycles. The fraction of sp³-hybridized carbons (Fsp3) is 0.231. The van der Waals surface area contributed by atoms with Crippen LogP contribution in [0.2, 0.25) is 0 Å². The molecular formula is C13H14BrN3S. The maximum absolute atomic E-state index is 4.36. The minimum Gasteiger partial charge on any atom is -0.313 e. The molecule has 2 rings (SSSR count). The first-order chi connectivity index (χ1) is 8.69. The molecule has 5 heteroatoms. The molecule has 0 aliphatic carbocycles. The van der Waals surface area contributed by atoms with Gasteiger partial charge in [-0.25, -0.2) is 9.97 Å². The zero-order chi connectivity index (χ0) is 13.0. The van der Waals surface area contributed by atoms with E-state index in [1.807, 2.05) is 31.4 Å². The van der Waals surface area contributed by atoms with Gasteiger partial charge in [0.2, 0.25) is 0 Å². The molecule has 0 amide bonds. The van der Waals surface area contributed by atoms with Crippen LogP contribution in [0.1, 0.15) is 18.5 Å². The van der Waals surface area contributed by atoms with Crippen molar-refractivity contribution in [1.82, 2.24) is 15.3 Å². The zero-order valence-corrected chi connectivity index (χ0v) is 12.6. The highest BCUT2D eigenvalue weighted by Gasteiger charge is 2.05. The first kappa shape index (κ1) is 13.5. The normalized spacial score (nSPS) is 12.4. The van der Waals surface area contributed by atoms with E-state index in [4.69, 9.17) is 0 Å². The highest BCUT2D eigenvalue weighted by molar-refractivity contribution is 9.10. The summed E-state index contributed by atoms with van der Waals surface area (Å²) in [5.41, 5.74) is 1.23. The Bertz CT molecular complexity index is 516. The molecule has 0 aliphatic rings. The van der Waals surface area contributed by atoms with Crippen LogP contribution >= 0.6 is 27.7 Å². The fourth-order valence-corrected chi connectivity index (χ4v) is 2.45. The number of nitrogens with one attached hydrogen (secondary N) is 1. The first-order valence-corrected chi connectivity index (χ1v) is 7.22. The Morgan fingerprint density at radius 3 is 2.72 bits per heavy atom. The van der Waals surface area contributed by atoms with Gasteiger partial charge in [0.25, 0.3) is 0 Å². The molecule has 1 unspecified atom stereocenters. The molecule has 1 atom stereocenters. The Morgan fingerprint density at radius 2 is 2.06 bits per heavy atom. The molecule has 18 heavy (non-hydrogen) atoms.